The van der Waals surface area contributed by atoms with Crippen LogP contribution in [-0.4, -0.2) is 275 Å². The van der Waals surface area contributed by atoms with Gasteiger partial charge in [0.15, 0.2) is 31.5 Å². The minimum absolute atomic E-state index is 0.678. The number of hydrogen-bond acceptors (Lipinski definition) is 26. The molecule has 360 valence electrons. The number of hydrogen-bond donors (Lipinski definition) is 17. The van der Waals surface area contributed by atoms with E-state index < -0.39 is 198 Å². The summed E-state index contributed by atoms with van der Waals surface area (Å²) in [4.78, 5) is 24.0. The zero-order chi connectivity index (χ0) is 45.9. The average molecular weight is 911 g/mol. The predicted molar refractivity (Wildman–Crippen MR) is 190 cm³/mol. The van der Waals surface area contributed by atoms with E-state index in [9.17, 15) is 86.2 Å². The second-order valence-electron chi connectivity index (χ2n) is 15.5. The molecule has 62 heavy (non-hydrogen) atoms. The van der Waals surface area contributed by atoms with E-state index in [1.807, 2.05) is 0 Å². The Hall–Kier alpha value is -2.02. The molecule has 25 atom stereocenters. The molecule has 0 radical (unpaired) electrons. The van der Waals surface area contributed by atoms with Crippen molar-refractivity contribution in [2.45, 2.75) is 167 Å². The topological polar surface area (TPSA) is 445 Å². The van der Waals surface area contributed by atoms with Crippen molar-refractivity contribution in [1.82, 2.24) is 10.6 Å². The fraction of sp³-hybridized carbons (Fsp3) is 0.941. The lowest BCUT2D eigenvalue weighted by molar-refractivity contribution is -0.366. The number of carbonyl (C=O) groups excluding carboxylic acids is 2. The van der Waals surface area contributed by atoms with Gasteiger partial charge in [0.25, 0.3) is 0 Å². The highest BCUT2D eigenvalue weighted by molar-refractivity contribution is 5.73. The molecular formula is C34H58N2O26. The largest absolute Gasteiger partial charge is 0.394 e. The van der Waals surface area contributed by atoms with E-state index in [1.54, 1.807) is 0 Å². The van der Waals surface area contributed by atoms with Crippen LogP contribution in [-0.2, 0) is 52.2 Å². The van der Waals surface area contributed by atoms with Gasteiger partial charge in [-0.05, 0) is 0 Å². The molecule has 28 nitrogen and oxygen atoms in total. The molecule has 5 fully saturated rings. The zero-order valence-corrected chi connectivity index (χ0v) is 33.2. The fourth-order valence-electron chi connectivity index (χ4n) is 7.63. The normalized spacial score (nSPS) is 49.0. The summed E-state index contributed by atoms with van der Waals surface area (Å²) in [5, 5.41) is 162. The molecule has 0 aromatic carbocycles. The van der Waals surface area contributed by atoms with Crippen LogP contribution < -0.4 is 10.6 Å². The standard InChI is InChI=1S/C34H58N2O26/c1-8(40)35-15-20(45)28(11(4-38)56-30(15)53)61-31-16(36-9(2)41)21(46)29(12(5-39)58-31)62-34-27(52)24(49)19(44)14(60-34)7-55-33-26(51)23(48)18(43)13(59-33)6-54-32-25(50)22(47)17(42)10(3-37)57-32/h10-34,37-39,42-53H,3-7H2,1-2H3,(H,35,40)(H,36,41)/t10-,11-,12-,13-,14-,15-,16-,17-,18-,19-,20-,21-,22+,23+,24+,25+,26+,27+,28-,29-,30-,31-,32-,33-,34+/m1/s1. The van der Waals surface area contributed by atoms with E-state index in [0.717, 1.165) is 13.8 Å². The third-order valence-corrected chi connectivity index (χ3v) is 11.1. The SMILES string of the molecule is CC(=O)N[C@@H]1[C@@H](O)[C@H](O[C@H]2O[C@H](CO)[C@@H](O[C@@H]3O[C@H](CO[C@@H]4O[C@H](CO[C@@H]5O[C@H](CO)[C@@H](O)[C@H](O)[C@@H]5O)[C@@H](O)[C@H](O)[C@@H]4O)[C@@H](O)[C@H](O)[C@@H]3O)[C@H](O)[C@H]2NC(C)=O)[C@@H](CO)O[C@H]1O. The van der Waals surface area contributed by atoms with E-state index in [2.05, 4.69) is 10.6 Å². The first-order valence-corrected chi connectivity index (χ1v) is 19.6. The maximum absolute atomic E-state index is 12.3. The Labute approximate surface area is 351 Å². The van der Waals surface area contributed by atoms with Crippen LogP contribution >= 0.6 is 0 Å². The van der Waals surface area contributed by atoms with Crippen molar-refractivity contribution in [3.63, 3.8) is 0 Å². The first kappa shape index (κ1) is 51.0. The van der Waals surface area contributed by atoms with Gasteiger partial charge in [-0.3, -0.25) is 9.59 Å². The number of nitrogens with one attached hydrogen (secondary N) is 2. The fourth-order valence-corrected chi connectivity index (χ4v) is 7.63. The Kier molecular flexibility index (Phi) is 18.1. The minimum Gasteiger partial charge on any atom is -0.394 e. The molecule has 0 aromatic heterocycles. The first-order valence-electron chi connectivity index (χ1n) is 19.6. The summed E-state index contributed by atoms with van der Waals surface area (Å²) >= 11 is 0. The summed E-state index contributed by atoms with van der Waals surface area (Å²) in [5.74, 6) is -1.45. The van der Waals surface area contributed by atoms with Crippen LogP contribution in [0.3, 0.4) is 0 Å². The molecular weight excluding hydrogens is 852 g/mol. The smallest absolute Gasteiger partial charge is 0.217 e. The van der Waals surface area contributed by atoms with Crippen LogP contribution in [0.1, 0.15) is 13.8 Å². The molecule has 5 saturated heterocycles. The molecule has 17 N–H and O–H groups in total. The molecule has 0 aliphatic carbocycles. The van der Waals surface area contributed by atoms with Gasteiger partial charge in [0, 0.05) is 13.8 Å². The summed E-state index contributed by atoms with van der Waals surface area (Å²) in [6, 6.07) is -3.11. The Morgan fingerprint density at radius 1 is 0.419 bits per heavy atom. The van der Waals surface area contributed by atoms with Gasteiger partial charge in [0.2, 0.25) is 11.8 Å². The van der Waals surface area contributed by atoms with Crippen LogP contribution in [0.2, 0.25) is 0 Å². The van der Waals surface area contributed by atoms with Gasteiger partial charge in [0.1, 0.15) is 122 Å². The van der Waals surface area contributed by atoms with Crippen molar-refractivity contribution in [2.24, 2.45) is 0 Å². The maximum atomic E-state index is 12.3. The molecule has 5 rings (SSSR count). The number of aliphatic hydroxyl groups is 15. The van der Waals surface area contributed by atoms with Crippen molar-refractivity contribution < 1.29 is 129 Å². The Morgan fingerprint density at radius 2 is 0.774 bits per heavy atom. The second-order valence-corrected chi connectivity index (χ2v) is 15.5. The lowest BCUT2D eigenvalue weighted by Gasteiger charge is -2.49. The summed E-state index contributed by atoms with van der Waals surface area (Å²) < 4.78 is 50.2. The van der Waals surface area contributed by atoms with Crippen molar-refractivity contribution in [1.29, 1.82) is 0 Å². The number of rotatable bonds is 15. The molecule has 0 spiro atoms. The van der Waals surface area contributed by atoms with E-state index in [-0.39, 0.29) is 0 Å². The molecule has 0 bridgehead atoms. The van der Waals surface area contributed by atoms with Gasteiger partial charge in [-0.1, -0.05) is 0 Å². The molecule has 5 aliphatic heterocycles. The predicted octanol–water partition coefficient (Wildman–Crippen LogP) is -11.6. The molecule has 28 heteroatoms. The number of aliphatic hydroxyl groups excluding tert-OH is 15. The van der Waals surface area contributed by atoms with Crippen molar-refractivity contribution in [3.05, 3.63) is 0 Å². The van der Waals surface area contributed by atoms with Gasteiger partial charge >= 0.3 is 0 Å². The van der Waals surface area contributed by atoms with Crippen LogP contribution in [0, 0.1) is 0 Å². The zero-order valence-electron chi connectivity index (χ0n) is 33.2. The lowest BCUT2D eigenvalue weighted by atomic mass is 9.94. The highest BCUT2D eigenvalue weighted by Gasteiger charge is 2.55. The minimum atomic E-state index is -2.07. The second kappa shape index (κ2) is 22.0. The highest BCUT2D eigenvalue weighted by Crippen LogP contribution is 2.33. The van der Waals surface area contributed by atoms with Gasteiger partial charge in [-0.15, -0.1) is 0 Å². The molecule has 5 aliphatic rings. The Morgan fingerprint density at radius 3 is 1.24 bits per heavy atom. The molecule has 0 unspecified atom stereocenters. The Balaban J connectivity index is 1.26. The lowest BCUT2D eigenvalue weighted by Crippen LogP contribution is -2.70. The molecule has 0 saturated carbocycles. The number of amides is 2. The van der Waals surface area contributed by atoms with Crippen LogP contribution in [0.25, 0.3) is 0 Å². The van der Waals surface area contributed by atoms with Crippen LogP contribution in [0.15, 0.2) is 0 Å². The maximum Gasteiger partial charge on any atom is 0.217 e. The van der Waals surface area contributed by atoms with E-state index in [0.29, 0.717) is 0 Å². The number of carbonyl (C=O) groups is 2. The average Bonchev–Trinajstić information content (AvgIpc) is 3.23. The van der Waals surface area contributed by atoms with Gasteiger partial charge in [-0.2, -0.15) is 0 Å². The van der Waals surface area contributed by atoms with Crippen molar-refractivity contribution in [3.8, 4) is 0 Å². The Bertz CT molecular complexity index is 1440. The summed E-state index contributed by atoms with van der Waals surface area (Å²) in [7, 11) is 0. The summed E-state index contributed by atoms with van der Waals surface area (Å²) in [6.45, 7) is -1.93. The molecule has 2 amide bonds. The summed E-state index contributed by atoms with van der Waals surface area (Å²) in [5.41, 5.74) is 0. The monoisotopic (exact) mass is 910 g/mol. The van der Waals surface area contributed by atoms with Gasteiger partial charge < -0.3 is 130 Å². The first-order chi connectivity index (χ1) is 29.2. The quantitative estimate of drug-likeness (QED) is 0.0725. The molecule has 5 heterocycles. The van der Waals surface area contributed by atoms with Gasteiger partial charge in [0.05, 0.1) is 33.0 Å². The number of ether oxygens (including phenoxy) is 9. The third-order valence-electron chi connectivity index (χ3n) is 11.1. The van der Waals surface area contributed by atoms with E-state index in [4.69, 9.17) is 42.6 Å². The van der Waals surface area contributed by atoms with Crippen molar-refractivity contribution in [2.75, 3.05) is 33.0 Å². The van der Waals surface area contributed by atoms with Crippen LogP contribution in [0.5, 0.6) is 0 Å². The van der Waals surface area contributed by atoms with E-state index >= 15 is 0 Å². The molecule has 0 aromatic rings. The van der Waals surface area contributed by atoms with Crippen molar-refractivity contribution >= 4 is 11.8 Å². The van der Waals surface area contributed by atoms with Crippen LogP contribution in [0.4, 0.5) is 0 Å². The summed E-state index contributed by atoms with van der Waals surface area (Å²) in [6.07, 6.45) is -40.9. The van der Waals surface area contributed by atoms with Gasteiger partial charge in [-0.25, -0.2) is 0 Å². The van der Waals surface area contributed by atoms with E-state index in [1.165, 1.54) is 0 Å². The third kappa shape index (κ3) is 11.1. The highest BCUT2D eigenvalue weighted by atomic mass is 16.8.